The van der Waals surface area contributed by atoms with Crippen LogP contribution < -0.4 is 10.1 Å². The summed E-state index contributed by atoms with van der Waals surface area (Å²) < 4.78 is 7.27. The third-order valence-electron chi connectivity index (χ3n) is 2.74. The van der Waals surface area contributed by atoms with Crippen molar-refractivity contribution in [3.8, 4) is 5.75 Å². The average Bonchev–Trinajstić information content (AvgIpc) is 2.85. The Balaban J connectivity index is 2.06. The molecule has 1 aromatic heterocycles. The molecule has 0 atom stereocenters. The van der Waals surface area contributed by atoms with E-state index in [1.54, 1.807) is 7.11 Å². The predicted molar refractivity (Wildman–Crippen MR) is 73.2 cm³/mol. The summed E-state index contributed by atoms with van der Waals surface area (Å²) in [4.78, 5) is 4.31. The van der Waals surface area contributed by atoms with E-state index in [9.17, 15) is 0 Å². The number of methoxy groups -OCH3 is 1. The van der Waals surface area contributed by atoms with Crippen molar-refractivity contribution in [2.45, 2.75) is 20.0 Å². The zero-order chi connectivity index (χ0) is 13.0. The summed E-state index contributed by atoms with van der Waals surface area (Å²) in [5.41, 5.74) is 0.960. The van der Waals surface area contributed by atoms with Gasteiger partial charge in [-0.3, -0.25) is 0 Å². The number of hydrogen-bond donors (Lipinski definition) is 1. The van der Waals surface area contributed by atoms with Crippen LogP contribution in [-0.4, -0.2) is 16.7 Å². The van der Waals surface area contributed by atoms with Crippen molar-refractivity contribution in [1.82, 2.24) is 9.55 Å². The molecular weight excluding hydrogens is 250 g/mol. The second-order valence-corrected chi connectivity index (χ2v) is 4.24. The molecule has 0 radical (unpaired) electrons. The number of anilines is 1. The molecule has 0 unspecified atom stereocenters. The first-order chi connectivity index (χ1) is 8.74. The first kappa shape index (κ1) is 12.8. The van der Waals surface area contributed by atoms with Gasteiger partial charge in [0.2, 0.25) is 0 Å². The van der Waals surface area contributed by atoms with Gasteiger partial charge in [-0.15, -0.1) is 0 Å². The van der Waals surface area contributed by atoms with Gasteiger partial charge in [0.1, 0.15) is 11.6 Å². The molecule has 0 aliphatic rings. The normalized spacial score (nSPS) is 10.4. The van der Waals surface area contributed by atoms with Crippen LogP contribution in [0.5, 0.6) is 5.75 Å². The second-order valence-electron chi connectivity index (χ2n) is 3.83. The SMILES string of the molecule is CCn1ccnc1CNc1ccc(Cl)c(OC)c1. The highest BCUT2D eigenvalue weighted by Crippen LogP contribution is 2.27. The van der Waals surface area contributed by atoms with Crippen LogP contribution in [0.4, 0.5) is 5.69 Å². The van der Waals surface area contributed by atoms with Crippen LogP contribution in [0.1, 0.15) is 12.7 Å². The van der Waals surface area contributed by atoms with Gasteiger partial charge in [0, 0.05) is 30.7 Å². The van der Waals surface area contributed by atoms with E-state index >= 15 is 0 Å². The molecule has 4 nitrogen and oxygen atoms in total. The van der Waals surface area contributed by atoms with Crippen molar-refractivity contribution < 1.29 is 4.74 Å². The summed E-state index contributed by atoms with van der Waals surface area (Å²) in [6, 6.07) is 5.61. The maximum Gasteiger partial charge on any atom is 0.139 e. The Labute approximate surface area is 112 Å². The Bertz CT molecular complexity index is 525. The summed E-state index contributed by atoms with van der Waals surface area (Å²) in [6.45, 7) is 3.68. The molecule has 2 aromatic rings. The van der Waals surface area contributed by atoms with E-state index in [1.165, 1.54) is 0 Å². The third kappa shape index (κ3) is 2.76. The fourth-order valence-corrected chi connectivity index (χ4v) is 1.94. The van der Waals surface area contributed by atoms with Gasteiger partial charge >= 0.3 is 0 Å². The summed E-state index contributed by atoms with van der Waals surface area (Å²) in [7, 11) is 1.61. The fourth-order valence-electron chi connectivity index (χ4n) is 1.75. The maximum atomic E-state index is 5.97. The van der Waals surface area contributed by atoms with Gasteiger partial charge in [-0.05, 0) is 19.1 Å². The van der Waals surface area contributed by atoms with Crippen LogP contribution in [0.15, 0.2) is 30.6 Å². The highest BCUT2D eigenvalue weighted by Gasteiger charge is 2.04. The molecule has 1 N–H and O–H groups in total. The van der Waals surface area contributed by atoms with Crippen molar-refractivity contribution in [2.75, 3.05) is 12.4 Å². The number of hydrogen-bond acceptors (Lipinski definition) is 3. The monoisotopic (exact) mass is 265 g/mol. The Morgan fingerprint density at radius 2 is 2.28 bits per heavy atom. The molecule has 1 aromatic carbocycles. The van der Waals surface area contributed by atoms with Crippen molar-refractivity contribution in [3.63, 3.8) is 0 Å². The minimum Gasteiger partial charge on any atom is -0.495 e. The number of aryl methyl sites for hydroxylation is 1. The van der Waals surface area contributed by atoms with Gasteiger partial charge in [0.25, 0.3) is 0 Å². The molecule has 1 heterocycles. The number of halogens is 1. The van der Waals surface area contributed by atoms with Gasteiger partial charge < -0.3 is 14.6 Å². The van der Waals surface area contributed by atoms with E-state index in [0.29, 0.717) is 17.3 Å². The van der Waals surface area contributed by atoms with E-state index in [0.717, 1.165) is 18.1 Å². The number of nitrogens with zero attached hydrogens (tertiary/aromatic N) is 2. The topological polar surface area (TPSA) is 39.1 Å². The number of imidazole rings is 1. The van der Waals surface area contributed by atoms with E-state index in [-0.39, 0.29) is 0 Å². The number of rotatable bonds is 5. The average molecular weight is 266 g/mol. The van der Waals surface area contributed by atoms with Crippen molar-refractivity contribution in [2.24, 2.45) is 0 Å². The Morgan fingerprint density at radius 3 is 3.00 bits per heavy atom. The third-order valence-corrected chi connectivity index (χ3v) is 3.06. The molecule has 0 fully saturated rings. The standard InChI is InChI=1S/C13H16ClN3O/c1-3-17-7-6-15-13(17)9-16-10-4-5-11(14)12(8-10)18-2/h4-8,16H,3,9H2,1-2H3. The van der Waals surface area contributed by atoms with Gasteiger partial charge in [-0.2, -0.15) is 0 Å². The molecule has 2 rings (SSSR count). The van der Waals surface area contributed by atoms with Crippen molar-refractivity contribution >= 4 is 17.3 Å². The minimum absolute atomic E-state index is 0.609. The van der Waals surface area contributed by atoms with Crippen LogP contribution >= 0.6 is 11.6 Å². The van der Waals surface area contributed by atoms with E-state index in [1.807, 2.05) is 30.6 Å². The molecule has 5 heteroatoms. The van der Waals surface area contributed by atoms with E-state index < -0.39 is 0 Å². The lowest BCUT2D eigenvalue weighted by Crippen LogP contribution is -2.07. The second kappa shape index (κ2) is 5.78. The lowest BCUT2D eigenvalue weighted by atomic mass is 10.3. The largest absolute Gasteiger partial charge is 0.495 e. The predicted octanol–water partition coefficient (Wildman–Crippen LogP) is 3.18. The van der Waals surface area contributed by atoms with Crippen LogP contribution in [0, 0.1) is 0 Å². The minimum atomic E-state index is 0.609. The highest BCUT2D eigenvalue weighted by atomic mass is 35.5. The molecule has 0 saturated heterocycles. The van der Waals surface area contributed by atoms with Gasteiger partial charge in [-0.1, -0.05) is 11.6 Å². The summed E-state index contributed by atoms with van der Waals surface area (Å²) in [5, 5.41) is 3.91. The lowest BCUT2D eigenvalue weighted by Gasteiger charge is -2.10. The van der Waals surface area contributed by atoms with Crippen LogP contribution in [-0.2, 0) is 13.1 Å². The summed E-state index contributed by atoms with van der Waals surface area (Å²) in [5.74, 6) is 1.67. The summed E-state index contributed by atoms with van der Waals surface area (Å²) in [6.07, 6.45) is 3.78. The van der Waals surface area contributed by atoms with Gasteiger partial charge in [0.15, 0.2) is 0 Å². The number of aromatic nitrogens is 2. The zero-order valence-corrected chi connectivity index (χ0v) is 11.2. The van der Waals surface area contributed by atoms with Crippen molar-refractivity contribution in [3.05, 3.63) is 41.4 Å². The molecular formula is C13H16ClN3O. The molecule has 96 valence electrons. The quantitative estimate of drug-likeness (QED) is 0.903. The molecule has 18 heavy (non-hydrogen) atoms. The van der Waals surface area contributed by atoms with E-state index in [2.05, 4.69) is 21.8 Å². The number of ether oxygens (including phenoxy) is 1. The molecule has 0 bridgehead atoms. The van der Waals surface area contributed by atoms with Crippen LogP contribution in [0.3, 0.4) is 0 Å². The fraction of sp³-hybridized carbons (Fsp3) is 0.308. The lowest BCUT2D eigenvalue weighted by molar-refractivity contribution is 0.415. The molecule has 0 aliphatic heterocycles. The zero-order valence-electron chi connectivity index (χ0n) is 10.5. The summed E-state index contributed by atoms with van der Waals surface area (Å²) >= 11 is 5.97. The van der Waals surface area contributed by atoms with Gasteiger partial charge in [0.05, 0.1) is 18.7 Å². The van der Waals surface area contributed by atoms with Gasteiger partial charge in [-0.25, -0.2) is 4.98 Å². The molecule has 0 spiro atoms. The molecule has 0 amide bonds. The first-order valence-electron chi connectivity index (χ1n) is 5.82. The van der Waals surface area contributed by atoms with Crippen molar-refractivity contribution in [1.29, 1.82) is 0 Å². The maximum absolute atomic E-state index is 5.97. The Kier molecular flexibility index (Phi) is 4.10. The van der Waals surface area contributed by atoms with Crippen LogP contribution in [0.2, 0.25) is 5.02 Å². The Morgan fingerprint density at radius 1 is 1.44 bits per heavy atom. The smallest absolute Gasteiger partial charge is 0.139 e. The Hall–Kier alpha value is -1.68. The van der Waals surface area contributed by atoms with E-state index in [4.69, 9.17) is 16.3 Å². The number of benzene rings is 1. The number of nitrogens with one attached hydrogen (secondary N) is 1. The highest BCUT2D eigenvalue weighted by molar-refractivity contribution is 6.32. The molecule has 0 saturated carbocycles. The van der Waals surface area contributed by atoms with Crippen LogP contribution in [0.25, 0.3) is 0 Å². The first-order valence-corrected chi connectivity index (χ1v) is 6.19. The molecule has 0 aliphatic carbocycles.